The molecule has 3 fully saturated rings. The molecule has 0 unspecified atom stereocenters. The molecule has 2 N–H and O–H groups in total. The van der Waals surface area contributed by atoms with E-state index in [0.29, 0.717) is 5.92 Å². The van der Waals surface area contributed by atoms with Gasteiger partial charge in [0.25, 0.3) is 0 Å². The van der Waals surface area contributed by atoms with Gasteiger partial charge in [-0.05, 0) is 37.7 Å². The first-order valence-electron chi connectivity index (χ1n) is 8.32. The highest BCUT2D eigenvalue weighted by Crippen LogP contribution is 2.40. The van der Waals surface area contributed by atoms with Crippen LogP contribution in [-0.4, -0.2) is 48.1 Å². The van der Waals surface area contributed by atoms with E-state index < -0.39 is 0 Å². The van der Waals surface area contributed by atoms with E-state index in [0.717, 1.165) is 45.0 Å². The lowest BCUT2D eigenvalue weighted by Crippen LogP contribution is -2.59. The van der Waals surface area contributed by atoms with Crippen LogP contribution in [0.2, 0.25) is 0 Å². The van der Waals surface area contributed by atoms with Crippen molar-refractivity contribution in [1.29, 1.82) is 0 Å². The number of nitrogens with one attached hydrogen (secondary N) is 2. The maximum Gasteiger partial charge on any atom is 0.229 e. The second-order valence-corrected chi connectivity index (χ2v) is 6.80. The summed E-state index contributed by atoms with van der Waals surface area (Å²) in [5, 5.41) is 6.63. The van der Waals surface area contributed by atoms with Gasteiger partial charge in [-0.15, -0.1) is 0 Å². The van der Waals surface area contributed by atoms with Gasteiger partial charge in [-0.2, -0.15) is 0 Å². The van der Waals surface area contributed by atoms with Crippen LogP contribution >= 0.6 is 0 Å². The number of piperidine rings is 1. The van der Waals surface area contributed by atoms with Crippen molar-refractivity contribution in [2.24, 2.45) is 11.3 Å². The fourth-order valence-electron chi connectivity index (χ4n) is 3.89. The van der Waals surface area contributed by atoms with E-state index in [1.54, 1.807) is 12.4 Å². The van der Waals surface area contributed by atoms with Crippen molar-refractivity contribution in [1.82, 2.24) is 20.6 Å². The molecule has 1 saturated carbocycles. The zero-order valence-corrected chi connectivity index (χ0v) is 12.8. The normalized spacial score (nSPS) is 30.9. The van der Waals surface area contributed by atoms with Gasteiger partial charge in [0.05, 0.1) is 11.5 Å². The predicted octanol–water partition coefficient (Wildman–Crippen LogP) is 0.561. The van der Waals surface area contributed by atoms with E-state index in [1.807, 2.05) is 6.07 Å². The van der Waals surface area contributed by atoms with E-state index in [2.05, 4.69) is 25.5 Å². The van der Waals surface area contributed by atoms with E-state index >= 15 is 0 Å². The molecule has 3 heterocycles. The summed E-state index contributed by atoms with van der Waals surface area (Å²) in [4.78, 5) is 23.9. The van der Waals surface area contributed by atoms with Gasteiger partial charge in [-0.25, -0.2) is 9.97 Å². The van der Waals surface area contributed by atoms with Gasteiger partial charge in [0.15, 0.2) is 0 Å². The van der Waals surface area contributed by atoms with Crippen molar-refractivity contribution in [2.75, 3.05) is 31.1 Å². The van der Waals surface area contributed by atoms with Gasteiger partial charge in [-0.3, -0.25) is 4.79 Å². The average Bonchev–Trinajstić information content (AvgIpc) is 3.29. The Hall–Kier alpha value is -1.69. The molecule has 0 radical (unpaired) electrons. The van der Waals surface area contributed by atoms with Crippen LogP contribution in [0.25, 0.3) is 0 Å². The van der Waals surface area contributed by atoms with Gasteiger partial charge >= 0.3 is 0 Å². The Morgan fingerprint density at radius 3 is 3.00 bits per heavy atom. The highest BCUT2D eigenvalue weighted by Gasteiger charge is 2.53. The van der Waals surface area contributed by atoms with Gasteiger partial charge in [0.2, 0.25) is 11.9 Å². The van der Waals surface area contributed by atoms with Crippen molar-refractivity contribution in [3.63, 3.8) is 0 Å². The molecule has 6 nitrogen and oxygen atoms in total. The number of aromatic nitrogens is 2. The topological polar surface area (TPSA) is 70.2 Å². The quantitative estimate of drug-likeness (QED) is 0.850. The Bertz CT molecular complexity index is 547. The second kappa shape index (κ2) is 5.50. The number of hydrogen-bond donors (Lipinski definition) is 2. The Kier molecular flexibility index (Phi) is 3.48. The summed E-state index contributed by atoms with van der Waals surface area (Å²) in [6.07, 6.45) is 8.03. The van der Waals surface area contributed by atoms with Gasteiger partial charge in [-0.1, -0.05) is 0 Å². The molecule has 2 saturated heterocycles. The van der Waals surface area contributed by atoms with Crippen LogP contribution in [0.5, 0.6) is 0 Å². The van der Waals surface area contributed by atoms with E-state index in [9.17, 15) is 4.79 Å². The number of carbonyl (C=O) groups is 1. The Labute approximate surface area is 130 Å². The maximum absolute atomic E-state index is 12.9. The summed E-state index contributed by atoms with van der Waals surface area (Å²) in [6.45, 7) is 3.36. The van der Waals surface area contributed by atoms with Crippen molar-refractivity contribution < 1.29 is 4.79 Å². The molecule has 22 heavy (non-hydrogen) atoms. The SMILES string of the molecule is O=C(NCC1CC1)[C@@]12CCCN(c3ncccn3)[C@@H]1CNC2. The van der Waals surface area contributed by atoms with Crippen LogP contribution in [0.15, 0.2) is 18.5 Å². The smallest absolute Gasteiger partial charge is 0.229 e. The summed E-state index contributed by atoms with van der Waals surface area (Å²) in [5.41, 5.74) is -0.327. The first kappa shape index (κ1) is 13.9. The number of anilines is 1. The third-order valence-electron chi connectivity index (χ3n) is 5.32. The highest BCUT2D eigenvalue weighted by molar-refractivity contribution is 5.85. The average molecular weight is 301 g/mol. The molecule has 3 aliphatic rings. The van der Waals surface area contributed by atoms with Gasteiger partial charge < -0.3 is 15.5 Å². The molecule has 2 aliphatic heterocycles. The Morgan fingerprint density at radius 2 is 2.23 bits per heavy atom. The first-order valence-corrected chi connectivity index (χ1v) is 8.32. The minimum atomic E-state index is -0.327. The highest BCUT2D eigenvalue weighted by atomic mass is 16.2. The van der Waals surface area contributed by atoms with Crippen LogP contribution in [0.3, 0.4) is 0 Å². The first-order chi connectivity index (χ1) is 10.8. The van der Waals surface area contributed by atoms with Crippen LogP contribution in [0.4, 0.5) is 5.95 Å². The lowest BCUT2D eigenvalue weighted by atomic mass is 9.74. The van der Waals surface area contributed by atoms with Gasteiger partial charge in [0, 0.05) is 38.6 Å². The standard InChI is InChI=1S/C16H23N5O/c22-14(20-9-12-3-4-12)16-5-1-8-21(13(16)10-17-11-16)15-18-6-2-7-19-15/h2,6-7,12-13,17H,1,3-5,8-11H2,(H,20,22)/t13-,16-/m1/s1. The van der Waals surface area contributed by atoms with Crippen molar-refractivity contribution in [2.45, 2.75) is 31.7 Å². The molecule has 1 amide bonds. The largest absolute Gasteiger partial charge is 0.355 e. The van der Waals surface area contributed by atoms with Crippen molar-refractivity contribution in [3.05, 3.63) is 18.5 Å². The predicted molar refractivity (Wildman–Crippen MR) is 83.4 cm³/mol. The summed E-state index contributed by atoms with van der Waals surface area (Å²) >= 11 is 0. The summed E-state index contributed by atoms with van der Waals surface area (Å²) < 4.78 is 0. The fourth-order valence-corrected chi connectivity index (χ4v) is 3.89. The molecule has 2 atom stereocenters. The summed E-state index contributed by atoms with van der Waals surface area (Å²) in [6, 6.07) is 1.98. The Morgan fingerprint density at radius 1 is 1.41 bits per heavy atom. The summed E-state index contributed by atoms with van der Waals surface area (Å²) in [5.74, 6) is 1.68. The molecule has 1 aromatic rings. The lowest BCUT2D eigenvalue weighted by molar-refractivity contribution is -0.131. The number of rotatable bonds is 4. The summed E-state index contributed by atoms with van der Waals surface area (Å²) in [7, 11) is 0. The number of hydrogen-bond acceptors (Lipinski definition) is 5. The number of nitrogens with zero attached hydrogens (tertiary/aromatic N) is 3. The molecule has 118 valence electrons. The van der Waals surface area contributed by atoms with Crippen molar-refractivity contribution in [3.8, 4) is 0 Å². The van der Waals surface area contributed by atoms with Crippen LogP contribution in [0.1, 0.15) is 25.7 Å². The monoisotopic (exact) mass is 301 g/mol. The van der Waals surface area contributed by atoms with E-state index in [4.69, 9.17) is 0 Å². The van der Waals surface area contributed by atoms with E-state index in [-0.39, 0.29) is 17.4 Å². The molecule has 4 rings (SSSR count). The minimum absolute atomic E-state index is 0.155. The molecule has 0 aromatic carbocycles. The maximum atomic E-state index is 12.9. The van der Waals surface area contributed by atoms with Crippen LogP contribution < -0.4 is 15.5 Å². The molecule has 0 bridgehead atoms. The molecular weight excluding hydrogens is 278 g/mol. The second-order valence-electron chi connectivity index (χ2n) is 6.80. The van der Waals surface area contributed by atoms with Gasteiger partial charge in [0.1, 0.15) is 0 Å². The van der Waals surface area contributed by atoms with Crippen LogP contribution in [-0.2, 0) is 4.79 Å². The number of amides is 1. The number of carbonyl (C=O) groups excluding carboxylic acids is 1. The van der Waals surface area contributed by atoms with E-state index in [1.165, 1.54) is 12.8 Å². The molecule has 6 heteroatoms. The molecular formula is C16H23N5O. The third kappa shape index (κ3) is 2.35. The van der Waals surface area contributed by atoms with Crippen LogP contribution in [0, 0.1) is 11.3 Å². The molecule has 1 aromatic heterocycles. The Balaban J connectivity index is 1.56. The third-order valence-corrected chi connectivity index (χ3v) is 5.32. The minimum Gasteiger partial charge on any atom is -0.355 e. The molecule has 0 spiro atoms. The fraction of sp³-hybridized carbons (Fsp3) is 0.688. The van der Waals surface area contributed by atoms with Crippen molar-refractivity contribution >= 4 is 11.9 Å². The molecule has 1 aliphatic carbocycles. The zero-order chi connectivity index (χ0) is 15.0. The zero-order valence-electron chi connectivity index (χ0n) is 12.8. The lowest BCUT2D eigenvalue weighted by Gasteiger charge is -2.44. The number of fused-ring (bicyclic) bond motifs is 1.